The van der Waals surface area contributed by atoms with Crippen LogP contribution < -0.4 is 10.1 Å². The number of nitrogens with one attached hydrogen (secondary N) is 1. The highest BCUT2D eigenvalue weighted by Gasteiger charge is 2.25. The third kappa shape index (κ3) is 6.82. The molecule has 2 amide bonds. The van der Waals surface area contributed by atoms with E-state index in [1.165, 1.54) is 18.7 Å². The summed E-state index contributed by atoms with van der Waals surface area (Å²) in [6, 6.07) is 6.42. The lowest BCUT2D eigenvalue weighted by atomic mass is 10.0. The molecule has 0 saturated heterocycles. The first-order valence-corrected chi connectivity index (χ1v) is 8.21. The van der Waals surface area contributed by atoms with Crippen LogP contribution in [-0.4, -0.2) is 53.5 Å². The largest absolute Gasteiger partial charge is 0.484 e. The van der Waals surface area contributed by atoms with Crippen molar-refractivity contribution >= 4 is 17.8 Å². The summed E-state index contributed by atoms with van der Waals surface area (Å²) in [6.07, 6.45) is 0. The summed E-state index contributed by atoms with van der Waals surface area (Å²) in [5, 5.41) is 11.7. The van der Waals surface area contributed by atoms with Gasteiger partial charge in [0.15, 0.2) is 6.61 Å². The number of benzene rings is 1. The molecule has 7 nitrogen and oxygen atoms in total. The van der Waals surface area contributed by atoms with Crippen LogP contribution in [0.15, 0.2) is 24.3 Å². The van der Waals surface area contributed by atoms with E-state index in [1.807, 2.05) is 12.1 Å². The molecule has 2 N–H and O–H groups in total. The number of amides is 2. The Morgan fingerprint density at radius 1 is 1.16 bits per heavy atom. The van der Waals surface area contributed by atoms with Gasteiger partial charge in [-0.25, -0.2) is 4.79 Å². The van der Waals surface area contributed by atoms with Crippen LogP contribution in [0.2, 0.25) is 0 Å². The number of aliphatic carboxylic acids is 1. The second-order valence-corrected chi connectivity index (χ2v) is 6.10. The lowest BCUT2D eigenvalue weighted by Crippen LogP contribution is -2.48. The molecule has 1 rings (SSSR count). The van der Waals surface area contributed by atoms with E-state index in [0.717, 1.165) is 5.56 Å². The lowest BCUT2D eigenvalue weighted by molar-refractivity contribution is -0.150. The molecule has 1 aromatic rings. The zero-order valence-electron chi connectivity index (χ0n) is 15.1. The van der Waals surface area contributed by atoms with Crippen LogP contribution in [0.3, 0.4) is 0 Å². The van der Waals surface area contributed by atoms with Crippen LogP contribution >= 0.6 is 0 Å². The first-order valence-electron chi connectivity index (χ1n) is 8.21. The average molecular weight is 350 g/mol. The van der Waals surface area contributed by atoms with Gasteiger partial charge in [-0.15, -0.1) is 0 Å². The van der Waals surface area contributed by atoms with Crippen molar-refractivity contribution in [3.63, 3.8) is 0 Å². The first kappa shape index (κ1) is 20.5. The summed E-state index contributed by atoms with van der Waals surface area (Å²) in [6.45, 7) is 6.96. The third-order valence-corrected chi connectivity index (χ3v) is 3.78. The van der Waals surface area contributed by atoms with Crippen LogP contribution in [0.1, 0.15) is 39.2 Å². The van der Waals surface area contributed by atoms with Gasteiger partial charge in [-0.2, -0.15) is 0 Å². The minimum Gasteiger partial charge on any atom is -0.484 e. The summed E-state index contributed by atoms with van der Waals surface area (Å²) in [7, 11) is 0. The van der Waals surface area contributed by atoms with E-state index in [1.54, 1.807) is 12.1 Å². The molecular weight excluding hydrogens is 324 g/mol. The van der Waals surface area contributed by atoms with Gasteiger partial charge in [-0.3, -0.25) is 9.59 Å². The second kappa shape index (κ2) is 9.66. The van der Waals surface area contributed by atoms with Crippen molar-refractivity contribution < 1.29 is 24.2 Å². The van der Waals surface area contributed by atoms with Gasteiger partial charge >= 0.3 is 5.97 Å². The predicted octanol–water partition coefficient (Wildman–Crippen LogP) is 1.63. The van der Waals surface area contributed by atoms with Crippen molar-refractivity contribution in [3.8, 4) is 5.75 Å². The fraction of sp³-hybridized carbons (Fsp3) is 0.500. The zero-order chi connectivity index (χ0) is 19.0. The summed E-state index contributed by atoms with van der Waals surface area (Å²) in [5.41, 5.74) is 1.16. The van der Waals surface area contributed by atoms with E-state index < -0.39 is 17.9 Å². The van der Waals surface area contributed by atoms with Crippen molar-refractivity contribution in [2.75, 3.05) is 19.7 Å². The number of nitrogens with zero attached hydrogens (tertiary/aromatic N) is 1. The summed E-state index contributed by atoms with van der Waals surface area (Å²) < 4.78 is 5.47. The molecule has 138 valence electrons. The van der Waals surface area contributed by atoms with Gasteiger partial charge in [0.05, 0.1) is 0 Å². The van der Waals surface area contributed by atoms with Crippen LogP contribution in [0.4, 0.5) is 0 Å². The first-order chi connectivity index (χ1) is 11.7. The Morgan fingerprint density at radius 2 is 1.76 bits per heavy atom. The number of carbonyl (C=O) groups is 3. The standard InChI is InChI=1S/C18H26N2O5/c1-12(2)15-5-7-16(8-6-15)25-11-17(22)20(13(3)18(23)24)10-9-19-14(4)21/h5-8,12-13H,9-11H2,1-4H3,(H,19,21)(H,23,24). The maximum absolute atomic E-state index is 12.3. The van der Waals surface area contributed by atoms with Gasteiger partial charge in [-0.1, -0.05) is 26.0 Å². The maximum atomic E-state index is 12.3. The topological polar surface area (TPSA) is 95.9 Å². The molecule has 0 aliphatic rings. The summed E-state index contributed by atoms with van der Waals surface area (Å²) in [5.74, 6) is -0.860. The Labute approximate surface area is 148 Å². The number of rotatable bonds is 9. The Balaban J connectivity index is 2.66. The molecule has 0 aliphatic heterocycles. The highest BCUT2D eigenvalue weighted by Crippen LogP contribution is 2.18. The molecule has 0 aliphatic carbocycles. The molecule has 0 spiro atoms. The normalized spacial score (nSPS) is 11.7. The minimum atomic E-state index is -1.11. The molecule has 1 unspecified atom stereocenters. The summed E-state index contributed by atoms with van der Waals surface area (Å²) in [4.78, 5) is 35.6. The number of hydrogen-bond donors (Lipinski definition) is 2. The molecule has 1 atom stereocenters. The van der Waals surface area contributed by atoms with Crippen LogP contribution in [0.25, 0.3) is 0 Å². The maximum Gasteiger partial charge on any atom is 0.326 e. The Morgan fingerprint density at radius 3 is 2.24 bits per heavy atom. The van der Waals surface area contributed by atoms with E-state index in [2.05, 4.69) is 19.2 Å². The third-order valence-electron chi connectivity index (χ3n) is 3.78. The van der Waals surface area contributed by atoms with E-state index in [-0.39, 0.29) is 25.6 Å². The number of hydrogen-bond acceptors (Lipinski definition) is 4. The fourth-order valence-corrected chi connectivity index (χ4v) is 2.20. The van der Waals surface area contributed by atoms with Crippen molar-refractivity contribution in [3.05, 3.63) is 29.8 Å². The highest BCUT2D eigenvalue weighted by atomic mass is 16.5. The fourth-order valence-electron chi connectivity index (χ4n) is 2.20. The van der Waals surface area contributed by atoms with Crippen LogP contribution in [0, 0.1) is 0 Å². The van der Waals surface area contributed by atoms with E-state index in [4.69, 9.17) is 9.84 Å². The number of carboxylic acid groups (broad SMARTS) is 1. The van der Waals surface area contributed by atoms with Crippen molar-refractivity contribution in [2.24, 2.45) is 0 Å². The number of carboxylic acids is 1. The van der Waals surface area contributed by atoms with Crippen LogP contribution in [0.5, 0.6) is 5.75 Å². The van der Waals surface area contributed by atoms with E-state index in [0.29, 0.717) is 11.7 Å². The molecule has 0 saturated carbocycles. The lowest BCUT2D eigenvalue weighted by Gasteiger charge is -2.26. The number of ether oxygens (including phenoxy) is 1. The molecule has 25 heavy (non-hydrogen) atoms. The van der Waals surface area contributed by atoms with Gasteiger partial charge in [0.25, 0.3) is 5.91 Å². The highest BCUT2D eigenvalue weighted by molar-refractivity contribution is 5.84. The summed E-state index contributed by atoms with van der Waals surface area (Å²) >= 11 is 0. The van der Waals surface area contributed by atoms with Crippen LogP contribution in [-0.2, 0) is 14.4 Å². The van der Waals surface area contributed by atoms with Gasteiger partial charge in [-0.05, 0) is 30.5 Å². The molecule has 0 heterocycles. The van der Waals surface area contributed by atoms with Crippen molar-refractivity contribution in [1.29, 1.82) is 0 Å². The average Bonchev–Trinajstić information content (AvgIpc) is 2.56. The predicted molar refractivity (Wildman–Crippen MR) is 93.5 cm³/mol. The Hall–Kier alpha value is -2.57. The molecular formula is C18H26N2O5. The second-order valence-electron chi connectivity index (χ2n) is 6.10. The molecule has 0 bridgehead atoms. The van der Waals surface area contributed by atoms with Gasteiger partial charge in [0.2, 0.25) is 5.91 Å². The molecule has 0 aromatic heterocycles. The molecule has 0 fully saturated rings. The Bertz CT molecular complexity index is 598. The van der Waals surface area contributed by atoms with Crippen molar-refractivity contribution in [2.45, 2.75) is 39.7 Å². The van der Waals surface area contributed by atoms with E-state index >= 15 is 0 Å². The minimum absolute atomic E-state index is 0.0987. The zero-order valence-corrected chi connectivity index (χ0v) is 15.1. The van der Waals surface area contributed by atoms with Crippen molar-refractivity contribution in [1.82, 2.24) is 10.2 Å². The molecule has 1 aromatic carbocycles. The smallest absolute Gasteiger partial charge is 0.326 e. The SMILES string of the molecule is CC(=O)NCCN(C(=O)COc1ccc(C(C)C)cc1)C(C)C(=O)O. The van der Waals surface area contributed by atoms with Gasteiger partial charge in [0.1, 0.15) is 11.8 Å². The molecule has 0 radical (unpaired) electrons. The van der Waals surface area contributed by atoms with E-state index in [9.17, 15) is 14.4 Å². The Kier molecular flexibility index (Phi) is 7.91. The van der Waals surface area contributed by atoms with Gasteiger partial charge in [0, 0.05) is 20.0 Å². The van der Waals surface area contributed by atoms with Gasteiger partial charge < -0.3 is 20.1 Å². The quantitative estimate of drug-likeness (QED) is 0.706. The number of carbonyl (C=O) groups excluding carboxylic acids is 2. The molecule has 7 heteroatoms. The monoisotopic (exact) mass is 350 g/mol.